The number of benzene rings is 1. The standard InChI is InChI=1S/C15H14N2O3/c1-16-15(19)12-6-2-3-7-13(12)17-14(18)9-8-11-5-4-10-20-11/h2-10H,1H3,(H,16,19)(H,17,18). The smallest absolute Gasteiger partial charge is 0.253 e. The van der Waals surface area contributed by atoms with Crippen LogP contribution in [0.2, 0.25) is 0 Å². The second kappa shape index (κ2) is 6.38. The molecule has 102 valence electrons. The lowest BCUT2D eigenvalue weighted by Crippen LogP contribution is -2.20. The molecular formula is C15H14N2O3. The summed E-state index contributed by atoms with van der Waals surface area (Å²) in [6, 6.07) is 10.3. The SMILES string of the molecule is CNC(=O)c1ccccc1NC(=O)C=Cc1ccco1. The van der Waals surface area contributed by atoms with Crippen LogP contribution >= 0.6 is 0 Å². The van der Waals surface area contributed by atoms with Gasteiger partial charge in [0.25, 0.3) is 5.91 Å². The van der Waals surface area contributed by atoms with Crippen LogP contribution in [0.1, 0.15) is 16.1 Å². The van der Waals surface area contributed by atoms with Gasteiger partial charge in [0, 0.05) is 13.1 Å². The molecule has 0 radical (unpaired) electrons. The van der Waals surface area contributed by atoms with Gasteiger partial charge in [-0.2, -0.15) is 0 Å². The summed E-state index contributed by atoms with van der Waals surface area (Å²) in [5.74, 6) is -0.00611. The molecule has 0 aliphatic carbocycles. The van der Waals surface area contributed by atoms with Crippen LogP contribution in [-0.4, -0.2) is 18.9 Å². The Bertz CT molecular complexity index is 630. The highest BCUT2D eigenvalue weighted by molar-refractivity contribution is 6.07. The van der Waals surface area contributed by atoms with Crippen LogP contribution in [-0.2, 0) is 4.79 Å². The highest BCUT2D eigenvalue weighted by atomic mass is 16.3. The lowest BCUT2D eigenvalue weighted by atomic mass is 10.1. The Morgan fingerprint density at radius 2 is 1.95 bits per heavy atom. The molecule has 20 heavy (non-hydrogen) atoms. The van der Waals surface area contributed by atoms with Crippen LogP contribution in [0.3, 0.4) is 0 Å². The van der Waals surface area contributed by atoms with Crippen LogP contribution in [0.25, 0.3) is 6.08 Å². The van der Waals surface area contributed by atoms with Gasteiger partial charge in [0.1, 0.15) is 5.76 Å². The van der Waals surface area contributed by atoms with Crippen molar-refractivity contribution in [3.8, 4) is 0 Å². The summed E-state index contributed by atoms with van der Waals surface area (Å²) in [5, 5.41) is 5.19. The number of anilines is 1. The molecule has 0 spiro atoms. The minimum atomic E-state index is -0.335. The van der Waals surface area contributed by atoms with Crippen molar-refractivity contribution >= 4 is 23.6 Å². The van der Waals surface area contributed by atoms with E-state index in [-0.39, 0.29) is 11.8 Å². The summed E-state index contributed by atoms with van der Waals surface area (Å²) >= 11 is 0. The molecule has 0 aliphatic heterocycles. The summed E-state index contributed by atoms with van der Waals surface area (Å²) in [6.45, 7) is 0. The number of carbonyl (C=O) groups excluding carboxylic acids is 2. The zero-order valence-electron chi connectivity index (χ0n) is 10.9. The van der Waals surface area contributed by atoms with Crippen LogP contribution in [0.4, 0.5) is 5.69 Å². The van der Waals surface area contributed by atoms with E-state index in [4.69, 9.17) is 4.42 Å². The summed E-state index contributed by atoms with van der Waals surface area (Å²) in [5.41, 5.74) is 0.871. The molecule has 2 aromatic rings. The van der Waals surface area contributed by atoms with Crippen LogP contribution in [0, 0.1) is 0 Å². The zero-order valence-corrected chi connectivity index (χ0v) is 10.9. The second-order valence-corrected chi connectivity index (χ2v) is 3.96. The number of carbonyl (C=O) groups is 2. The summed E-state index contributed by atoms with van der Waals surface area (Å²) in [4.78, 5) is 23.5. The van der Waals surface area contributed by atoms with E-state index in [9.17, 15) is 9.59 Å². The van der Waals surface area contributed by atoms with E-state index in [0.717, 1.165) is 0 Å². The number of nitrogens with one attached hydrogen (secondary N) is 2. The van der Waals surface area contributed by atoms with Crippen molar-refractivity contribution in [3.05, 3.63) is 60.1 Å². The van der Waals surface area contributed by atoms with Crippen molar-refractivity contribution in [2.75, 3.05) is 12.4 Å². The maximum absolute atomic E-state index is 11.8. The van der Waals surface area contributed by atoms with Crippen LogP contribution in [0.15, 0.2) is 53.2 Å². The molecule has 2 rings (SSSR count). The first-order valence-electron chi connectivity index (χ1n) is 6.04. The fourth-order valence-corrected chi connectivity index (χ4v) is 1.64. The van der Waals surface area contributed by atoms with Gasteiger partial charge in [-0.1, -0.05) is 12.1 Å². The predicted octanol–water partition coefficient (Wildman–Crippen LogP) is 2.29. The number of rotatable bonds is 4. The minimum Gasteiger partial charge on any atom is -0.465 e. The Balaban J connectivity index is 2.10. The molecule has 0 saturated heterocycles. The average Bonchev–Trinajstić information content (AvgIpc) is 2.98. The van der Waals surface area contributed by atoms with E-state index in [1.807, 2.05) is 0 Å². The molecule has 0 bridgehead atoms. The van der Waals surface area contributed by atoms with Crippen molar-refractivity contribution < 1.29 is 14.0 Å². The van der Waals surface area contributed by atoms with Crippen molar-refractivity contribution in [2.45, 2.75) is 0 Å². The molecule has 0 unspecified atom stereocenters. The molecule has 2 amide bonds. The molecule has 5 heteroatoms. The Labute approximate surface area is 116 Å². The zero-order chi connectivity index (χ0) is 14.4. The second-order valence-electron chi connectivity index (χ2n) is 3.96. The van der Waals surface area contributed by atoms with E-state index in [0.29, 0.717) is 17.0 Å². The van der Waals surface area contributed by atoms with Crippen LogP contribution < -0.4 is 10.6 Å². The molecule has 2 N–H and O–H groups in total. The highest BCUT2D eigenvalue weighted by Crippen LogP contribution is 2.15. The van der Waals surface area contributed by atoms with E-state index in [2.05, 4.69) is 10.6 Å². The molecule has 1 aromatic heterocycles. The molecule has 0 aliphatic rings. The lowest BCUT2D eigenvalue weighted by Gasteiger charge is -2.08. The third kappa shape index (κ3) is 3.35. The van der Waals surface area contributed by atoms with Crippen molar-refractivity contribution in [3.63, 3.8) is 0 Å². The number of furan rings is 1. The first-order valence-corrected chi connectivity index (χ1v) is 6.04. The highest BCUT2D eigenvalue weighted by Gasteiger charge is 2.10. The van der Waals surface area contributed by atoms with Gasteiger partial charge < -0.3 is 15.1 Å². The van der Waals surface area contributed by atoms with Gasteiger partial charge in [-0.05, 0) is 30.3 Å². The van der Waals surface area contributed by atoms with E-state index in [1.54, 1.807) is 42.5 Å². The topological polar surface area (TPSA) is 71.3 Å². The third-order valence-electron chi connectivity index (χ3n) is 2.60. The lowest BCUT2D eigenvalue weighted by molar-refractivity contribution is -0.111. The summed E-state index contributed by atoms with van der Waals surface area (Å²) in [6.07, 6.45) is 4.43. The third-order valence-corrected chi connectivity index (χ3v) is 2.60. The monoisotopic (exact) mass is 270 g/mol. The Kier molecular flexibility index (Phi) is 4.34. The molecular weight excluding hydrogens is 256 g/mol. The molecule has 5 nitrogen and oxygen atoms in total. The van der Waals surface area contributed by atoms with Gasteiger partial charge in [0.2, 0.25) is 5.91 Å². The van der Waals surface area contributed by atoms with Crippen molar-refractivity contribution in [2.24, 2.45) is 0 Å². The number of para-hydroxylation sites is 1. The molecule has 1 aromatic carbocycles. The van der Waals surface area contributed by atoms with E-state index < -0.39 is 0 Å². The van der Waals surface area contributed by atoms with Gasteiger partial charge in [-0.25, -0.2) is 0 Å². The van der Waals surface area contributed by atoms with E-state index in [1.165, 1.54) is 19.4 Å². The van der Waals surface area contributed by atoms with Crippen molar-refractivity contribution in [1.29, 1.82) is 0 Å². The maximum Gasteiger partial charge on any atom is 0.253 e. The van der Waals surface area contributed by atoms with Crippen molar-refractivity contribution in [1.82, 2.24) is 5.32 Å². The summed E-state index contributed by atoms with van der Waals surface area (Å²) < 4.78 is 5.08. The molecule has 0 saturated carbocycles. The quantitative estimate of drug-likeness (QED) is 0.837. The summed E-state index contributed by atoms with van der Waals surface area (Å²) in [7, 11) is 1.54. The molecule has 0 atom stereocenters. The van der Waals surface area contributed by atoms with Gasteiger partial charge >= 0.3 is 0 Å². The molecule has 0 fully saturated rings. The largest absolute Gasteiger partial charge is 0.465 e. The van der Waals surface area contributed by atoms with Gasteiger partial charge in [0.05, 0.1) is 17.5 Å². The first-order chi connectivity index (χ1) is 9.70. The number of amides is 2. The normalized spacial score (nSPS) is 10.4. The first kappa shape index (κ1) is 13.6. The number of hydrogen-bond donors (Lipinski definition) is 2. The minimum absolute atomic E-state index is 0.254. The Hall–Kier alpha value is -2.82. The van der Waals surface area contributed by atoms with Crippen LogP contribution in [0.5, 0.6) is 0 Å². The predicted molar refractivity (Wildman–Crippen MR) is 76.2 cm³/mol. The fraction of sp³-hybridized carbons (Fsp3) is 0.0667. The maximum atomic E-state index is 11.8. The average molecular weight is 270 g/mol. The Morgan fingerprint density at radius 1 is 1.15 bits per heavy atom. The van der Waals surface area contributed by atoms with Gasteiger partial charge in [-0.15, -0.1) is 0 Å². The van der Waals surface area contributed by atoms with Gasteiger partial charge in [0.15, 0.2) is 0 Å². The van der Waals surface area contributed by atoms with Gasteiger partial charge in [-0.3, -0.25) is 9.59 Å². The van der Waals surface area contributed by atoms with E-state index >= 15 is 0 Å². The molecule has 1 heterocycles. The Morgan fingerprint density at radius 3 is 2.65 bits per heavy atom. The number of hydrogen-bond acceptors (Lipinski definition) is 3. The fourth-order valence-electron chi connectivity index (χ4n) is 1.64.